The van der Waals surface area contributed by atoms with E-state index >= 15 is 0 Å². The molecule has 108 valence electrons. The monoisotopic (exact) mass is 272 g/mol. The highest BCUT2D eigenvalue weighted by atomic mass is 16.5. The average Bonchev–Trinajstić information content (AvgIpc) is 2.39. The van der Waals surface area contributed by atoms with Gasteiger partial charge in [-0.15, -0.1) is 0 Å². The van der Waals surface area contributed by atoms with Gasteiger partial charge in [0.05, 0.1) is 13.7 Å². The number of hydrogen-bond acceptors (Lipinski definition) is 5. The van der Waals surface area contributed by atoms with E-state index in [9.17, 15) is 14.4 Å². The van der Waals surface area contributed by atoms with Gasteiger partial charge in [0, 0.05) is 17.7 Å². The Bertz CT molecular complexity index is 328. The predicted octanol–water partition coefficient (Wildman–Crippen LogP) is 1.73. The van der Waals surface area contributed by atoms with E-state index in [4.69, 9.17) is 5.11 Å². The van der Waals surface area contributed by atoms with Gasteiger partial charge in [-0.25, -0.2) is 14.4 Å². The second kappa shape index (κ2) is 15.6. The van der Waals surface area contributed by atoms with Crippen molar-refractivity contribution in [1.82, 2.24) is 0 Å². The summed E-state index contributed by atoms with van der Waals surface area (Å²) in [5.41, 5.74) is 0.433. The van der Waals surface area contributed by atoms with Crippen molar-refractivity contribution in [1.29, 1.82) is 0 Å². The number of rotatable bonds is 4. The summed E-state index contributed by atoms with van der Waals surface area (Å²) in [7, 11) is 1.33. The number of carbonyl (C=O) groups excluding carboxylic acids is 2. The number of methoxy groups -OCH3 is 1. The van der Waals surface area contributed by atoms with Gasteiger partial charge >= 0.3 is 17.9 Å². The van der Waals surface area contributed by atoms with Crippen LogP contribution in [0.4, 0.5) is 0 Å². The Hall–Kier alpha value is -2.37. The van der Waals surface area contributed by atoms with Crippen LogP contribution in [0, 0.1) is 0 Å². The van der Waals surface area contributed by atoms with Crippen LogP contribution in [0.3, 0.4) is 0 Å². The minimum atomic E-state index is -0.981. The van der Waals surface area contributed by atoms with Crippen LogP contribution in [0.1, 0.15) is 13.8 Å². The summed E-state index contributed by atoms with van der Waals surface area (Å²) in [6.45, 7) is 13.3. The van der Waals surface area contributed by atoms with Gasteiger partial charge in [-0.05, 0) is 13.8 Å². The Balaban J connectivity index is -0.000000206. The van der Waals surface area contributed by atoms with Crippen LogP contribution >= 0.6 is 0 Å². The third-order valence-electron chi connectivity index (χ3n) is 1.16. The van der Waals surface area contributed by atoms with Crippen LogP contribution < -0.4 is 0 Å². The zero-order valence-electron chi connectivity index (χ0n) is 11.5. The number of carboxylic acids is 1. The fourth-order valence-corrected chi connectivity index (χ4v) is 0.375. The van der Waals surface area contributed by atoms with Crippen LogP contribution in [-0.2, 0) is 23.9 Å². The van der Waals surface area contributed by atoms with E-state index in [2.05, 4.69) is 29.2 Å². The van der Waals surface area contributed by atoms with Gasteiger partial charge in [0.1, 0.15) is 0 Å². The van der Waals surface area contributed by atoms with E-state index in [0.29, 0.717) is 12.2 Å². The van der Waals surface area contributed by atoms with Gasteiger partial charge in [0.2, 0.25) is 0 Å². The molecule has 0 rings (SSSR count). The van der Waals surface area contributed by atoms with E-state index in [0.717, 1.165) is 12.2 Å². The summed E-state index contributed by atoms with van der Waals surface area (Å²) < 4.78 is 8.71. The molecule has 0 bridgehead atoms. The molecule has 0 heterocycles. The van der Waals surface area contributed by atoms with Crippen molar-refractivity contribution in [2.45, 2.75) is 13.8 Å². The highest BCUT2D eigenvalue weighted by molar-refractivity contribution is 5.86. The number of carboxylic acid groups (broad SMARTS) is 1. The highest BCUT2D eigenvalue weighted by Gasteiger charge is 1.95. The molecule has 1 N–H and O–H groups in total. The molecule has 0 aliphatic heterocycles. The molecule has 0 aliphatic carbocycles. The molecule has 0 radical (unpaired) electrons. The van der Waals surface area contributed by atoms with E-state index in [1.807, 2.05) is 0 Å². The molecule has 0 aliphatic rings. The van der Waals surface area contributed by atoms with Crippen molar-refractivity contribution in [2.75, 3.05) is 13.7 Å². The van der Waals surface area contributed by atoms with Crippen LogP contribution in [0.2, 0.25) is 0 Å². The number of ether oxygens (including phenoxy) is 2. The topological polar surface area (TPSA) is 89.9 Å². The van der Waals surface area contributed by atoms with Crippen molar-refractivity contribution < 1.29 is 29.0 Å². The van der Waals surface area contributed by atoms with Gasteiger partial charge in [0.25, 0.3) is 0 Å². The van der Waals surface area contributed by atoms with Crippen LogP contribution in [0.25, 0.3) is 0 Å². The smallest absolute Gasteiger partial charge is 0.332 e. The second-order valence-corrected chi connectivity index (χ2v) is 2.77. The quantitative estimate of drug-likeness (QED) is 0.619. The molecule has 19 heavy (non-hydrogen) atoms. The molecular formula is C13H20O6. The third-order valence-corrected chi connectivity index (χ3v) is 1.16. The maximum Gasteiger partial charge on any atom is 0.332 e. The number of carbonyl (C=O) groups is 3. The van der Waals surface area contributed by atoms with Gasteiger partial charge in [-0.3, -0.25) is 0 Å². The SMILES string of the molecule is C=C(C)C(=O)OC.C=CC(=O)O.C=CC(=O)OCC. The molecule has 0 aromatic heterocycles. The maximum absolute atomic E-state index is 10.2. The second-order valence-electron chi connectivity index (χ2n) is 2.77. The van der Waals surface area contributed by atoms with Crippen molar-refractivity contribution >= 4 is 17.9 Å². The van der Waals surface area contributed by atoms with E-state index in [1.165, 1.54) is 7.11 Å². The first kappa shape index (κ1) is 21.9. The number of esters is 2. The molecule has 0 saturated heterocycles. The van der Waals surface area contributed by atoms with Crippen molar-refractivity contribution in [3.05, 3.63) is 37.5 Å². The van der Waals surface area contributed by atoms with Crippen LogP contribution in [-0.4, -0.2) is 36.7 Å². The summed E-state index contributed by atoms with van der Waals surface area (Å²) in [6.07, 6.45) is 1.98. The third kappa shape index (κ3) is 25.7. The Labute approximate surface area is 113 Å². The van der Waals surface area contributed by atoms with Crippen molar-refractivity contribution in [3.63, 3.8) is 0 Å². The standard InChI is InChI=1S/2C5H8O2.C3H4O2/c1-4(2)5(6)7-3;1-3-5(6)7-4-2;1-2-3(4)5/h1H2,2-3H3;3H,1,4H2,2H3;2H,1H2,(H,4,5). The molecule has 6 nitrogen and oxygen atoms in total. The summed E-state index contributed by atoms with van der Waals surface area (Å²) in [5, 5.41) is 7.60. The molecule has 0 atom stereocenters. The molecule has 0 amide bonds. The van der Waals surface area contributed by atoms with Gasteiger partial charge < -0.3 is 14.6 Å². The molecule has 6 heteroatoms. The Morgan fingerprint density at radius 1 is 1.21 bits per heavy atom. The highest BCUT2D eigenvalue weighted by Crippen LogP contribution is 1.87. The first-order chi connectivity index (χ1) is 8.76. The lowest BCUT2D eigenvalue weighted by Gasteiger charge is -1.91. The lowest BCUT2D eigenvalue weighted by Crippen LogP contribution is -1.98. The molecule has 0 saturated carbocycles. The summed E-state index contributed by atoms with van der Waals surface area (Å²) in [5.74, 6) is -1.69. The van der Waals surface area contributed by atoms with Gasteiger partial charge in [-0.1, -0.05) is 19.7 Å². The largest absolute Gasteiger partial charge is 0.478 e. The maximum atomic E-state index is 10.2. The number of hydrogen-bond donors (Lipinski definition) is 1. The molecule has 0 fully saturated rings. The molecule has 0 unspecified atom stereocenters. The van der Waals surface area contributed by atoms with E-state index in [-0.39, 0.29) is 11.9 Å². The average molecular weight is 272 g/mol. The first-order valence-corrected chi connectivity index (χ1v) is 5.15. The summed E-state index contributed by atoms with van der Waals surface area (Å²) >= 11 is 0. The molecule has 0 aromatic carbocycles. The van der Waals surface area contributed by atoms with E-state index in [1.54, 1.807) is 13.8 Å². The van der Waals surface area contributed by atoms with Gasteiger partial charge in [-0.2, -0.15) is 0 Å². The lowest BCUT2D eigenvalue weighted by atomic mass is 10.4. The molecular weight excluding hydrogens is 252 g/mol. The Kier molecular flexibility index (Phi) is 18.0. The Morgan fingerprint density at radius 2 is 1.63 bits per heavy atom. The summed E-state index contributed by atoms with van der Waals surface area (Å²) in [6, 6.07) is 0. The fourth-order valence-electron chi connectivity index (χ4n) is 0.375. The normalized spacial score (nSPS) is 7.32. The van der Waals surface area contributed by atoms with Gasteiger partial charge in [0.15, 0.2) is 0 Å². The zero-order chi connectivity index (χ0) is 15.8. The fraction of sp³-hybridized carbons (Fsp3) is 0.308. The lowest BCUT2D eigenvalue weighted by molar-refractivity contribution is -0.137. The van der Waals surface area contributed by atoms with Crippen molar-refractivity contribution in [2.24, 2.45) is 0 Å². The molecule has 0 aromatic rings. The van der Waals surface area contributed by atoms with Crippen LogP contribution in [0.5, 0.6) is 0 Å². The number of aliphatic carboxylic acids is 1. The van der Waals surface area contributed by atoms with Crippen LogP contribution in [0.15, 0.2) is 37.5 Å². The minimum Gasteiger partial charge on any atom is -0.478 e. The Morgan fingerprint density at radius 3 is 1.68 bits per heavy atom. The predicted molar refractivity (Wildman–Crippen MR) is 71.5 cm³/mol. The molecule has 0 spiro atoms. The van der Waals surface area contributed by atoms with E-state index < -0.39 is 5.97 Å². The van der Waals surface area contributed by atoms with Crippen molar-refractivity contribution in [3.8, 4) is 0 Å². The first-order valence-electron chi connectivity index (χ1n) is 5.15. The minimum absolute atomic E-state index is 0.347. The zero-order valence-corrected chi connectivity index (χ0v) is 11.5. The summed E-state index contributed by atoms with van der Waals surface area (Å²) in [4.78, 5) is 29.5.